The van der Waals surface area contributed by atoms with Gasteiger partial charge in [0.2, 0.25) is 5.91 Å². The van der Waals surface area contributed by atoms with Gasteiger partial charge in [-0.3, -0.25) is 4.79 Å². The van der Waals surface area contributed by atoms with Gasteiger partial charge in [0, 0.05) is 28.6 Å². The normalized spacial score (nSPS) is 12.3. The Hall–Kier alpha value is -0.390. The average molecular weight is 378 g/mol. The minimum absolute atomic E-state index is 0.109. The van der Waals surface area contributed by atoms with Gasteiger partial charge < -0.3 is 10.2 Å². The van der Waals surface area contributed by atoms with Gasteiger partial charge in [-0.2, -0.15) is 0 Å². The highest BCUT2D eigenvalue weighted by Gasteiger charge is 2.12. The molecule has 1 atom stereocenters. The summed E-state index contributed by atoms with van der Waals surface area (Å²) in [6, 6.07) is 6.17. The van der Waals surface area contributed by atoms with E-state index < -0.39 is 0 Å². The van der Waals surface area contributed by atoms with Gasteiger partial charge in [0.05, 0.1) is 6.54 Å². The van der Waals surface area contributed by atoms with Crippen LogP contribution in [0.25, 0.3) is 0 Å². The summed E-state index contributed by atoms with van der Waals surface area (Å²) in [6.45, 7) is 5.10. The first kappa shape index (κ1) is 15.7. The summed E-state index contributed by atoms with van der Waals surface area (Å²) in [7, 11) is 1.81. The number of rotatable bonds is 5. The standard InChI is InChI=1S/C13H18Br2N2O/c1-4-17(3)13(18)8-16-9(2)11-6-5-10(14)7-12(11)15/h5-7,9,16H,4,8H2,1-3H3. The monoisotopic (exact) mass is 376 g/mol. The lowest BCUT2D eigenvalue weighted by molar-refractivity contribution is -0.128. The first-order valence-corrected chi connectivity index (χ1v) is 7.46. The van der Waals surface area contributed by atoms with Gasteiger partial charge in [-0.15, -0.1) is 0 Å². The summed E-state index contributed by atoms with van der Waals surface area (Å²) in [6.07, 6.45) is 0. The molecule has 0 bridgehead atoms. The zero-order valence-corrected chi connectivity index (χ0v) is 14.0. The quantitative estimate of drug-likeness (QED) is 0.853. The number of amides is 1. The maximum atomic E-state index is 11.7. The van der Waals surface area contributed by atoms with Crippen molar-refractivity contribution in [1.29, 1.82) is 0 Å². The van der Waals surface area contributed by atoms with Crippen molar-refractivity contribution in [2.75, 3.05) is 20.1 Å². The number of hydrogen-bond donors (Lipinski definition) is 1. The molecule has 0 aliphatic heterocycles. The summed E-state index contributed by atoms with van der Waals surface area (Å²) in [5.74, 6) is 0.109. The maximum Gasteiger partial charge on any atom is 0.236 e. The molecule has 3 nitrogen and oxygen atoms in total. The van der Waals surface area contributed by atoms with E-state index in [0.717, 1.165) is 21.1 Å². The first-order valence-electron chi connectivity index (χ1n) is 5.88. The van der Waals surface area contributed by atoms with Crippen molar-refractivity contribution in [3.8, 4) is 0 Å². The predicted octanol–water partition coefficient (Wildman–Crippen LogP) is 3.34. The van der Waals surface area contributed by atoms with Crippen molar-refractivity contribution in [1.82, 2.24) is 10.2 Å². The summed E-state index contributed by atoms with van der Waals surface area (Å²) in [5.41, 5.74) is 1.14. The number of likely N-dealkylation sites (N-methyl/N-ethyl adjacent to an activating group) is 1. The van der Waals surface area contributed by atoms with Crippen molar-refractivity contribution in [3.05, 3.63) is 32.7 Å². The van der Waals surface area contributed by atoms with Gasteiger partial charge in [-0.05, 0) is 31.5 Å². The second-order valence-corrected chi connectivity index (χ2v) is 5.95. The molecule has 1 rings (SSSR count). The number of carbonyl (C=O) groups excluding carboxylic acids is 1. The van der Waals surface area contributed by atoms with E-state index in [4.69, 9.17) is 0 Å². The third kappa shape index (κ3) is 4.37. The highest BCUT2D eigenvalue weighted by atomic mass is 79.9. The van der Waals surface area contributed by atoms with Crippen LogP contribution < -0.4 is 5.32 Å². The van der Waals surface area contributed by atoms with Crippen LogP contribution in [0.4, 0.5) is 0 Å². The number of hydrogen-bond acceptors (Lipinski definition) is 2. The summed E-state index contributed by atoms with van der Waals surface area (Å²) < 4.78 is 2.07. The summed E-state index contributed by atoms with van der Waals surface area (Å²) in [5, 5.41) is 3.24. The Morgan fingerprint density at radius 2 is 2.11 bits per heavy atom. The molecule has 0 radical (unpaired) electrons. The van der Waals surface area contributed by atoms with Crippen molar-refractivity contribution < 1.29 is 4.79 Å². The smallest absolute Gasteiger partial charge is 0.236 e. The zero-order valence-electron chi connectivity index (χ0n) is 10.8. The van der Waals surface area contributed by atoms with Gasteiger partial charge in [0.25, 0.3) is 0 Å². The molecule has 0 fully saturated rings. The van der Waals surface area contributed by atoms with Gasteiger partial charge in [-0.1, -0.05) is 37.9 Å². The number of nitrogens with zero attached hydrogens (tertiary/aromatic N) is 1. The fourth-order valence-electron chi connectivity index (χ4n) is 1.51. The van der Waals surface area contributed by atoms with Crippen LogP contribution in [-0.4, -0.2) is 30.9 Å². The third-order valence-corrected chi connectivity index (χ3v) is 4.07. The molecular weight excluding hydrogens is 360 g/mol. The van der Waals surface area contributed by atoms with Crippen LogP contribution in [0.1, 0.15) is 25.5 Å². The molecule has 1 N–H and O–H groups in total. The van der Waals surface area contributed by atoms with Crippen LogP contribution in [0, 0.1) is 0 Å². The minimum atomic E-state index is 0.109. The molecular formula is C13H18Br2N2O. The lowest BCUT2D eigenvalue weighted by Crippen LogP contribution is -2.36. The van der Waals surface area contributed by atoms with Crippen LogP contribution in [0.5, 0.6) is 0 Å². The van der Waals surface area contributed by atoms with Crippen molar-refractivity contribution in [2.45, 2.75) is 19.9 Å². The Bertz CT molecular complexity index is 423. The molecule has 0 saturated heterocycles. The van der Waals surface area contributed by atoms with Crippen LogP contribution in [0.15, 0.2) is 27.1 Å². The van der Waals surface area contributed by atoms with E-state index in [9.17, 15) is 4.79 Å². The molecule has 0 aromatic heterocycles. The molecule has 0 saturated carbocycles. The van der Waals surface area contributed by atoms with Crippen LogP contribution in [0.2, 0.25) is 0 Å². The topological polar surface area (TPSA) is 32.3 Å². The fraction of sp³-hybridized carbons (Fsp3) is 0.462. The first-order chi connectivity index (χ1) is 8.45. The van der Waals surface area contributed by atoms with E-state index in [1.165, 1.54) is 0 Å². The Morgan fingerprint density at radius 1 is 1.44 bits per heavy atom. The largest absolute Gasteiger partial charge is 0.345 e. The Balaban J connectivity index is 2.60. The maximum absolute atomic E-state index is 11.7. The van der Waals surface area contributed by atoms with Gasteiger partial charge >= 0.3 is 0 Å². The molecule has 100 valence electrons. The highest BCUT2D eigenvalue weighted by molar-refractivity contribution is 9.11. The van der Waals surface area contributed by atoms with E-state index >= 15 is 0 Å². The average Bonchev–Trinajstić information content (AvgIpc) is 2.34. The molecule has 18 heavy (non-hydrogen) atoms. The van der Waals surface area contributed by atoms with Gasteiger partial charge in [0.15, 0.2) is 0 Å². The molecule has 0 aliphatic rings. The van der Waals surface area contributed by atoms with E-state index in [-0.39, 0.29) is 11.9 Å². The minimum Gasteiger partial charge on any atom is -0.345 e. The molecule has 1 aromatic carbocycles. The fourth-order valence-corrected chi connectivity index (χ4v) is 2.90. The Morgan fingerprint density at radius 3 is 2.67 bits per heavy atom. The SMILES string of the molecule is CCN(C)C(=O)CNC(C)c1ccc(Br)cc1Br. The lowest BCUT2D eigenvalue weighted by atomic mass is 10.1. The molecule has 1 aromatic rings. The van der Waals surface area contributed by atoms with Crippen LogP contribution in [0.3, 0.4) is 0 Å². The van der Waals surface area contributed by atoms with E-state index in [1.54, 1.807) is 4.90 Å². The third-order valence-electron chi connectivity index (χ3n) is 2.89. The number of carbonyl (C=O) groups is 1. The molecule has 5 heteroatoms. The number of nitrogens with one attached hydrogen (secondary N) is 1. The highest BCUT2D eigenvalue weighted by Crippen LogP contribution is 2.26. The van der Waals surface area contributed by atoms with Crippen molar-refractivity contribution >= 4 is 37.8 Å². The van der Waals surface area contributed by atoms with E-state index in [1.807, 2.05) is 39.1 Å². The Labute approximate surface area is 125 Å². The van der Waals surface area contributed by atoms with Crippen LogP contribution >= 0.6 is 31.9 Å². The van der Waals surface area contributed by atoms with Crippen molar-refractivity contribution in [2.24, 2.45) is 0 Å². The number of benzene rings is 1. The van der Waals surface area contributed by atoms with E-state index in [0.29, 0.717) is 6.54 Å². The van der Waals surface area contributed by atoms with Crippen molar-refractivity contribution in [3.63, 3.8) is 0 Å². The Kier molecular flexibility index (Phi) is 6.32. The second-order valence-electron chi connectivity index (χ2n) is 4.18. The van der Waals surface area contributed by atoms with Gasteiger partial charge in [-0.25, -0.2) is 0 Å². The number of halogens is 2. The summed E-state index contributed by atoms with van der Waals surface area (Å²) in [4.78, 5) is 13.4. The van der Waals surface area contributed by atoms with E-state index in [2.05, 4.69) is 37.2 Å². The molecule has 1 amide bonds. The predicted molar refractivity (Wildman–Crippen MR) is 81.6 cm³/mol. The summed E-state index contributed by atoms with van der Waals surface area (Å²) >= 11 is 6.96. The zero-order chi connectivity index (χ0) is 13.7. The van der Waals surface area contributed by atoms with Crippen LogP contribution in [-0.2, 0) is 4.79 Å². The molecule has 0 heterocycles. The molecule has 0 spiro atoms. The molecule has 0 aliphatic carbocycles. The van der Waals surface area contributed by atoms with Gasteiger partial charge in [0.1, 0.15) is 0 Å². The molecule has 1 unspecified atom stereocenters. The second kappa shape index (κ2) is 7.26. The lowest BCUT2D eigenvalue weighted by Gasteiger charge is -2.19.